The lowest BCUT2D eigenvalue weighted by atomic mass is 10.0. The number of nitrogens with one attached hydrogen (secondary N) is 3. The summed E-state index contributed by atoms with van der Waals surface area (Å²) in [7, 11) is 0. The first-order valence-corrected chi connectivity index (χ1v) is 13.9. The van der Waals surface area contributed by atoms with E-state index in [1.54, 1.807) is 50.2 Å². The zero-order valence-electron chi connectivity index (χ0n) is 24.9. The molecule has 0 aliphatic heterocycles. The molecule has 246 valence electrons. The minimum absolute atomic E-state index is 0.0529. The van der Waals surface area contributed by atoms with Gasteiger partial charge in [-0.25, -0.2) is 14.3 Å². The van der Waals surface area contributed by atoms with Crippen LogP contribution in [0.5, 0.6) is 5.88 Å². The number of hydrogen-bond acceptors (Lipinski definition) is 8. The Morgan fingerprint density at radius 3 is 2.07 bits per heavy atom. The third kappa shape index (κ3) is 10.1. The van der Waals surface area contributed by atoms with Crippen molar-refractivity contribution >= 4 is 29.8 Å². The van der Waals surface area contributed by atoms with Crippen LogP contribution in [0.4, 0.5) is 18.0 Å². The molecule has 1 aromatic heterocycles. The van der Waals surface area contributed by atoms with Crippen LogP contribution in [0.3, 0.4) is 0 Å². The smallest absolute Gasteiger partial charge is 0.435 e. The average Bonchev–Trinajstić information content (AvgIpc) is 3.43. The van der Waals surface area contributed by atoms with Crippen LogP contribution in [-0.4, -0.2) is 62.9 Å². The monoisotopic (exact) mass is 647 g/mol. The zero-order valence-corrected chi connectivity index (χ0v) is 24.9. The molecule has 0 radical (unpaired) electrons. The van der Waals surface area contributed by atoms with E-state index in [1.807, 2.05) is 0 Å². The fourth-order valence-electron chi connectivity index (χ4n) is 3.96. The Hall–Kier alpha value is -5.41. The van der Waals surface area contributed by atoms with E-state index >= 15 is 0 Å². The predicted octanol–water partition coefficient (Wildman–Crippen LogP) is 3.21. The number of alkyl carbamates (subject to hydrolysis) is 1. The Labute approximate surface area is 261 Å². The summed E-state index contributed by atoms with van der Waals surface area (Å²) in [6.45, 7) is 4.45. The van der Waals surface area contributed by atoms with Gasteiger partial charge in [-0.2, -0.15) is 18.3 Å². The summed E-state index contributed by atoms with van der Waals surface area (Å²) in [5, 5.41) is 19.7. The number of carboxylic acids is 1. The van der Waals surface area contributed by atoms with Gasteiger partial charge < -0.3 is 30.5 Å². The molecule has 2 aromatic carbocycles. The zero-order chi connectivity index (χ0) is 34.0. The molecule has 0 aliphatic rings. The summed E-state index contributed by atoms with van der Waals surface area (Å²) in [4.78, 5) is 62.7. The largest absolute Gasteiger partial charge is 0.481 e. The Kier molecular flexibility index (Phi) is 11.9. The highest BCUT2D eigenvalue weighted by Gasteiger charge is 2.37. The molecular weight excluding hydrogens is 615 g/mol. The van der Waals surface area contributed by atoms with Crippen molar-refractivity contribution in [2.45, 2.75) is 58.1 Å². The van der Waals surface area contributed by atoms with Gasteiger partial charge in [-0.1, -0.05) is 62.4 Å². The molecule has 0 unspecified atom stereocenters. The first-order chi connectivity index (χ1) is 21.6. The van der Waals surface area contributed by atoms with E-state index < -0.39 is 78.1 Å². The third-order valence-corrected chi connectivity index (χ3v) is 6.34. The van der Waals surface area contributed by atoms with E-state index in [0.29, 0.717) is 16.3 Å². The number of halogens is 3. The van der Waals surface area contributed by atoms with Gasteiger partial charge in [0.25, 0.3) is 0 Å². The Morgan fingerprint density at radius 2 is 1.50 bits per heavy atom. The highest BCUT2D eigenvalue weighted by Crippen LogP contribution is 2.32. The maximum Gasteiger partial charge on any atom is 0.435 e. The van der Waals surface area contributed by atoms with E-state index in [2.05, 4.69) is 21.0 Å². The third-order valence-electron chi connectivity index (χ3n) is 6.34. The van der Waals surface area contributed by atoms with Crippen LogP contribution < -0.4 is 20.7 Å². The van der Waals surface area contributed by atoms with Crippen LogP contribution in [0.1, 0.15) is 38.4 Å². The first-order valence-electron chi connectivity index (χ1n) is 13.9. The Balaban J connectivity index is 1.68. The van der Waals surface area contributed by atoms with E-state index in [0.717, 1.165) is 0 Å². The molecule has 0 spiro atoms. The quantitative estimate of drug-likeness (QED) is 0.203. The summed E-state index contributed by atoms with van der Waals surface area (Å²) >= 11 is 0. The minimum atomic E-state index is -4.90. The summed E-state index contributed by atoms with van der Waals surface area (Å²) in [5.41, 5.74) is -0.562. The van der Waals surface area contributed by atoms with Crippen molar-refractivity contribution in [3.8, 4) is 11.6 Å². The second-order valence-electron chi connectivity index (χ2n) is 10.4. The minimum Gasteiger partial charge on any atom is -0.481 e. The lowest BCUT2D eigenvalue weighted by molar-refractivity contribution is -0.146. The number of ether oxygens (including phenoxy) is 2. The van der Waals surface area contributed by atoms with E-state index in [9.17, 15) is 42.3 Å². The Bertz CT molecular complexity index is 1530. The number of nitrogens with zero attached hydrogens (tertiary/aromatic N) is 2. The molecule has 0 aliphatic carbocycles. The van der Waals surface area contributed by atoms with Crippen molar-refractivity contribution in [2.24, 2.45) is 5.92 Å². The molecule has 3 rings (SSSR count). The summed E-state index contributed by atoms with van der Waals surface area (Å²) in [5.74, 6) is -5.87. The topological polar surface area (TPSA) is 178 Å². The van der Waals surface area contributed by atoms with Crippen molar-refractivity contribution in [3.05, 3.63) is 78.0 Å². The average molecular weight is 648 g/mol. The van der Waals surface area contributed by atoms with Crippen molar-refractivity contribution in [2.75, 3.05) is 0 Å². The molecule has 3 amide bonds. The number of para-hydroxylation sites is 1. The number of carbonyl (C=O) groups is 5. The molecular formula is C30H32F3N5O8. The molecule has 4 N–H and O–H groups in total. The second-order valence-corrected chi connectivity index (χ2v) is 10.4. The molecule has 46 heavy (non-hydrogen) atoms. The second kappa shape index (κ2) is 15.5. The Morgan fingerprint density at radius 1 is 0.891 bits per heavy atom. The number of hydrogen-bond donors (Lipinski definition) is 4. The van der Waals surface area contributed by atoms with Crippen LogP contribution in [0.25, 0.3) is 5.69 Å². The van der Waals surface area contributed by atoms with Gasteiger partial charge in [0.1, 0.15) is 24.7 Å². The van der Waals surface area contributed by atoms with Crippen LogP contribution >= 0.6 is 0 Å². The van der Waals surface area contributed by atoms with Gasteiger partial charge in [-0.05, 0) is 30.5 Å². The molecule has 0 fully saturated rings. The number of esters is 1. The van der Waals surface area contributed by atoms with Crippen molar-refractivity contribution in [1.82, 2.24) is 25.7 Å². The summed E-state index contributed by atoms with van der Waals surface area (Å²) in [6.07, 6.45) is -6.78. The van der Waals surface area contributed by atoms with Crippen LogP contribution in [0.15, 0.2) is 66.7 Å². The number of alkyl halides is 3. The van der Waals surface area contributed by atoms with Gasteiger partial charge in [0.05, 0.1) is 12.1 Å². The van der Waals surface area contributed by atoms with E-state index in [1.165, 1.54) is 31.2 Å². The SMILES string of the molecule is CC(C)[C@@H](NC(=O)OCc1ccccc1)C(=O)N[C@@H](C)C(=O)N[C@H](CC(=O)O)C(=O)Oc1cc(C(F)(F)F)nn1-c1ccccc1. The van der Waals surface area contributed by atoms with Crippen molar-refractivity contribution in [3.63, 3.8) is 0 Å². The molecule has 3 aromatic rings. The standard InChI is InChI=1S/C30H32F3N5O8/c1-17(2)25(36-29(44)45-16-19-10-6-4-7-11-19)27(42)34-18(3)26(41)35-21(14-24(39)40)28(43)46-23-15-22(30(31,32)33)37-38(23)20-12-8-5-9-13-20/h4-13,15,17-18,21,25H,14,16H2,1-3H3,(H,34,42)(H,35,41)(H,36,44)(H,39,40)/t18-,21+,25+/m0/s1. The van der Waals surface area contributed by atoms with E-state index in [4.69, 9.17) is 9.47 Å². The number of carboxylic acid groups (broad SMARTS) is 1. The summed E-state index contributed by atoms with van der Waals surface area (Å²) in [6, 6.07) is 12.3. The predicted molar refractivity (Wildman–Crippen MR) is 154 cm³/mol. The molecule has 1 heterocycles. The van der Waals surface area contributed by atoms with Gasteiger partial charge in [0.2, 0.25) is 17.7 Å². The fourth-order valence-corrected chi connectivity index (χ4v) is 3.96. The number of amides is 3. The van der Waals surface area contributed by atoms with Gasteiger partial charge in [-0.15, -0.1) is 0 Å². The van der Waals surface area contributed by atoms with Gasteiger partial charge in [-0.3, -0.25) is 14.4 Å². The number of aromatic nitrogens is 2. The molecule has 0 saturated heterocycles. The normalized spacial score (nSPS) is 13.2. The number of benzene rings is 2. The van der Waals surface area contributed by atoms with E-state index in [-0.39, 0.29) is 12.3 Å². The maximum absolute atomic E-state index is 13.4. The highest BCUT2D eigenvalue weighted by molar-refractivity contribution is 5.94. The lowest BCUT2D eigenvalue weighted by Gasteiger charge is -2.24. The summed E-state index contributed by atoms with van der Waals surface area (Å²) < 4.78 is 51.2. The van der Waals surface area contributed by atoms with Crippen molar-refractivity contribution in [1.29, 1.82) is 0 Å². The molecule has 13 nitrogen and oxygen atoms in total. The van der Waals surface area contributed by atoms with Crippen molar-refractivity contribution < 1.29 is 51.7 Å². The number of rotatable bonds is 13. The lowest BCUT2D eigenvalue weighted by Crippen LogP contribution is -2.56. The highest BCUT2D eigenvalue weighted by atomic mass is 19.4. The fraction of sp³-hybridized carbons (Fsp3) is 0.333. The first kappa shape index (κ1) is 35.1. The van der Waals surface area contributed by atoms with Gasteiger partial charge in [0.15, 0.2) is 5.69 Å². The molecule has 0 saturated carbocycles. The number of aliphatic carboxylic acids is 1. The van der Waals surface area contributed by atoms with Crippen LogP contribution in [0, 0.1) is 5.92 Å². The van der Waals surface area contributed by atoms with Gasteiger partial charge >= 0.3 is 24.2 Å². The van der Waals surface area contributed by atoms with Crippen LogP contribution in [0.2, 0.25) is 0 Å². The molecule has 0 bridgehead atoms. The van der Waals surface area contributed by atoms with Gasteiger partial charge in [0, 0.05) is 6.07 Å². The van der Waals surface area contributed by atoms with Crippen LogP contribution in [-0.2, 0) is 36.7 Å². The molecule has 3 atom stereocenters. The number of carbonyl (C=O) groups excluding carboxylic acids is 4. The molecule has 16 heteroatoms. The maximum atomic E-state index is 13.4.